The monoisotopic (exact) mass is 337 g/mol. The highest BCUT2D eigenvalue weighted by Crippen LogP contribution is 2.40. The van der Waals surface area contributed by atoms with Crippen LogP contribution in [-0.2, 0) is 12.3 Å². The molecular formula is C16H17F2N3OS. The van der Waals surface area contributed by atoms with Crippen LogP contribution in [0.2, 0.25) is 0 Å². The van der Waals surface area contributed by atoms with Crippen molar-refractivity contribution in [3.05, 3.63) is 48.3 Å². The van der Waals surface area contributed by atoms with Gasteiger partial charge in [0.05, 0.1) is 0 Å². The zero-order valence-corrected chi connectivity index (χ0v) is 13.3. The van der Waals surface area contributed by atoms with Gasteiger partial charge >= 0.3 is 6.61 Å². The van der Waals surface area contributed by atoms with Crippen LogP contribution in [0, 0.1) is 0 Å². The molecular weight excluding hydrogens is 320 g/mol. The van der Waals surface area contributed by atoms with Gasteiger partial charge in [0.1, 0.15) is 11.6 Å². The fourth-order valence-corrected chi connectivity index (χ4v) is 3.18. The molecule has 1 aromatic carbocycles. The van der Waals surface area contributed by atoms with Gasteiger partial charge in [0.15, 0.2) is 5.16 Å². The molecule has 0 aliphatic heterocycles. The van der Waals surface area contributed by atoms with Crippen LogP contribution in [0.5, 0.6) is 5.75 Å². The van der Waals surface area contributed by atoms with Crippen molar-refractivity contribution < 1.29 is 13.5 Å². The zero-order valence-electron chi connectivity index (χ0n) is 12.5. The first kappa shape index (κ1) is 16.0. The number of aromatic nitrogens is 3. The molecule has 1 aliphatic carbocycles. The summed E-state index contributed by atoms with van der Waals surface area (Å²) in [5.74, 6) is 2.42. The third-order valence-corrected chi connectivity index (χ3v) is 4.55. The summed E-state index contributed by atoms with van der Waals surface area (Å²) in [6, 6.07) is 6.65. The molecule has 1 aromatic heterocycles. The van der Waals surface area contributed by atoms with E-state index in [-0.39, 0.29) is 5.75 Å². The Kier molecular flexibility index (Phi) is 4.95. The summed E-state index contributed by atoms with van der Waals surface area (Å²) in [7, 11) is 0. The molecule has 3 rings (SSSR count). The molecule has 0 bridgehead atoms. The third kappa shape index (κ3) is 4.10. The number of rotatable bonds is 8. The maximum Gasteiger partial charge on any atom is 0.387 e. The van der Waals surface area contributed by atoms with Crippen LogP contribution < -0.4 is 4.74 Å². The van der Waals surface area contributed by atoms with Crippen molar-refractivity contribution in [1.29, 1.82) is 0 Å². The number of hydrogen-bond acceptors (Lipinski definition) is 4. The lowest BCUT2D eigenvalue weighted by atomic mass is 10.2. The average molecular weight is 337 g/mol. The predicted octanol–water partition coefficient (Wildman–Crippen LogP) is 4.24. The van der Waals surface area contributed by atoms with Crippen molar-refractivity contribution in [2.24, 2.45) is 0 Å². The van der Waals surface area contributed by atoms with Gasteiger partial charge in [-0.1, -0.05) is 30.0 Å². The molecule has 4 nitrogen and oxygen atoms in total. The fourth-order valence-electron chi connectivity index (χ4n) is 2.27. The van der Waals surface area contributed by atoms with E-state index in [9.17, 15) is 8.78 Å². The molecule has 1 fully saturated rings. The van der Waals surface area contributed by atoms with Gasteiger partial charge in [-0.3, -0.25) is 0 Å². The van der Waals surface area contributed by atoms with Crippen molar-refractivity contribution in [1.82, 2.24) is 14.8 Å². The van der Waals surface area contributed by atoms with Crippen LogP contribution in [0.1, 0.15) is 30.1 Å². The minimum atomic E-state index is -2.80. The Morgan fingerprint density at radius 3 is 2.65 bits per heavy atom. The summed E-state index contributed by atoms with van der Waals surface area (Å²) in [6.07, 6.45) is 4.19. The lowest BCUT2D eigenvalue weighted by Gasteiger charge is -2.08. The number of ether oxygens (including phenoxy) is 1. The number of benzene rings is 1. The highest BCUT2D eigenvalue weighted by molar-refractivity contribution is 7.98. The first-order chi connectivity index (χ1) is 11.2. The second kappa shape index (κ2) is 7.12. The normalized spacial score (nSPS) is 14.2. The van der Waals surface area contributed by atoms with E-state index in [0.29, 0.717) is 18.2 Å². The standard InChI is InChI=1S/C16H17F2N3OS/c1-2-9-21-14(12-5-6-12)19-20-16(21)23-10-11-3-7-13(8-4-11)22-15(17)18/h2-4,7-8,12,15H,1,5-6,9-10H2. The average Bonchev–Trinajstić information content (AvgIpc) is 3.29. The second-order valence-electron chi connectivity index (χ2n) is 5.33. The Balaban J connectivity index is 1.64. The van der Waals surface area contributed by atoms with Gasteiger partial charge in [0.25, 0.3) is 0 Å². The number of halogens is 2. The molecule has 7 heteroatoms. The van der Waals surface area contributed by atoms with Crippen molar-refractivity contribution in [2.75, 3.05) is 0 Å². The Morgan fingerprint density at radius 1 is 1.30 bits per heavy atom. The number of nitrogens with zero attached hydrogens (tertiary/aromatic N) is 3. The summed E-state index contributed by atoms with van der Waals surface area (Å²) >= 11 is 1.58. The van der Waals surface area contributed by atoms with Crippen molar-refractivity contribution in [3.63, 3.8) is 0 Å². The topological polar surface area (TPSA) is 39.9 Å². The molecule has 1 heterocycles. The first-order valence-corrected chi connectivity index (χ1v) is 8.36. The van der Waals surface area contributed by atoms with Crippen LogP contribution in [0.25, 0.3) is 0 Å². The van der Waals surface area contributed by atoms with Crippen LogP contribution in [0.3, 0.4) is 0 Å². The number of allylic oxidation sites excluding steroid dienone is 1. The molecule has 2 aromatic rings. The SMILES string of the molecule is C=CCn1c(SCc2ccc(OC(F)F)cc2)nnc1C1CC1. The van der Waals surface area contributed by atoms with Crippen LogP contribution in [-0.4, -0.2) is 21.4 Å². The van der Waals surface area contributed by atoms with Crippen molar-refractivity contribution in [2.45, 2.75) is 42.8 Å². The van der Waals surface area contributed by atoms with E-state index < -0.39 is 6.61 Å². The molecule has 0 radical (unpaired) electrons. The smallest absolute Gasteiger partial charge is 0.387 e. The largest absolute Gasteiger partial charge is 0.435 e. The van der Waals surface area contributed by atoms with Crippen molar-refractivity contribution in [3.8, 4) is 5.75 Å². The Labute approximate surface area is 137 Å². The van der Waals surface area contributed by atoms with E-state index >= 15 is 0 Å². The molecule has 122 valence electrons. The number of alkyl halides is 2. The lowest BCUT2D eigenvalue weighted by Crippen LogP contribution is -2.03. The van der Waals surface area contributed by atoms with Crippen molar-refractivity contribution >= 4 is 11.8 Å². The molecule has 0 amide bonds. The van der Waals surface area contributed by atoms with E-state index in [1.165, 1.54) is 12.8 Å². The molecule has 0 saturated heterocycles. The first-order valence-electron chi connectivity index (χ1n) is 7.38. The summed E-state index contributed by atoms with van der Waals surface area (Å²) < 4.78 is 30.7. The molecule has 0 N–H and O–H groups in total. The molecule has 0 unspecified atom stereocenters. The minimum Gasteiger partial charge on any atom is -0.435 e. The maximum absolute atomic E-state index is 12.1. The Hall–Kier alpha value is -1.89. The van der Waals surface area contributed by atoms with E-state index in [0.717, 1.165) is 16.5 Å². The van der Waals surface area contributed by atoms with Crippen LogP contribution in [0.15, 0.2) is 42.1 Å². The zero-order chi connectivity index (χ0) is 16.2. The van der Waals surface area contributed by atoms with Gasteiger partial charge in [-0.05, 0) is 30.5 Å². The highest BCUT2D eigenvalue weighted by atomic mass is 32.2. The molecule has 1 saturated carbocycles. The molecule has 0 atom stereocenters. The van der Waals surface area contributed by atoms with Gasteiger partial charge in [-0.2, -0.15) is 8.78 Å². The predicted molar refractivity (Wildman–Crippen MR) is 84.8 cm³/mol. The number of thioether (sulfide) groups is 1. The van der Waals surface area contributed by atoms with Crippen LogP contribution >= 0.6 is 11.8 Å². The lowest BCUT2D eigenvalue weighted by molar-refractivity contribution is -0.0498. The maximum atomic E-state index is 12.1. The van der Waals surface area contributed by atoms with Gasteiger partial charge < -0.3 is 9.30 Å². The van der Waals surface area contributed by atoms with E-state index in [4.69, 9.17) is 0 Å². The van der Waals surface area contributed by atoms with Crippen LogP contribution in [0.4, 0.5) is 8.78 Å². The van der Waals surface area contributed by atoms with Gasteiger partial charge in [0.2, 0.25) is 0 Å². The summed E-state index contributed by atoms with van der Waals surface area (Å²) in [4.78, 5) is 0. The van der Waals surface area contributed by atoms with E-state index in [2.05, 4.69) is 26.1 Å². The second-order valence-corrected chi connectivity index (χ2v) is 6.27. The molecule has 0 spiro atoms. The van der Waals surface area contributed by atoms with E-state index in [1.807, 2.05) is 6.08 Å². The summed E-state index contributed by atoms with van der Waals surface area (Å²) in [5.41, 5.74) is 1.01. The quantitative estimate of drug-likeness (QED) is 0.534. The fraction of sp³-hybridized carbons (Fsp3) is 0.375. The highest BCUT2D eigenvalue weighted by Gasteiger charge is 2.30. The third-order valence-electron chi connectivity index (χ3n) is 3.52. The Bertz CT molecular complexity index is 668. The van der Waals surface area contributed by atoms with Gasteiger partial charge in [-0.25, -0.2) is 0 Å². The van der Waals surface area contributed by atoms with E-state index in [1.54, 1.807) is 36.0 Å². The molecule has 23 heavy (non-hydrogen) atoms. The molecule has 1 aliphatic rings. The minimum absolute atomic E-state index is 0.166. The van der Waals surface area contributed by atoms with Gasteiger partial charge in [0, 0.05) is 18.2 Å². The summed E-state index contributed by atoms with van der Waals surface area (Å²) in [5, 5.41) is 9.43. The van der Waals surface area contributed by atoms with Gasteiger partial charge in [-0.15, -0.1) is 16.8 Å². The summed E-state index contributed by atoms with van der Waals surface area (Å²) in [6.45, 7) is 1.69. The number of hydrogen-bond donors (Lipinski definition) is 0. The Morgan fingerprint density at radius 2 is 2.04 bits per heavy atom.